The van der Waals surface area contributed by atoms with Crippen LogP contribution in [0.5, 0.6) is 0 Å². The standard InChI is InChI=1S/C28H32N2O/c1-20-24(26(31)29-19-28(4)17-23(29)16-27(2,3)18-28)15-25(21-11-7-5-8-12-21)30(20)22-13-9-6-10-14-22/h5-15,23H,16-19H2,1-4H3. The summed E-state index contributed by atoms with van der Waals surface area (Å²) in [6.07, 6.45) is 3.42. The van der Waals surface area contributed by atoms with Gasteiger partial charge in [0.1, 0.15) is 0 Å². The summed E-state index contributed by atoms with van der Waals surface area (Å²) in [5.74, 6) is 0.191. The third kappa shape index (κ3) is 3.50. The largest absolute Gasteiger partial charge is 0.335 e. The molecule has 1 aliphatic heterocycles. The number of carbonyl (C=O) groups excluding carboxylic acids is 1. The zero-order valence-corrected chi connectivity index (χ0v) is 19.1. The van der Waals surface area contributed by atoms with Gasteiger partial charge in [-0.2, -0.15) is 0 Å². The maximum atomic E-state index is 13.9. The molecule has 2 aliphatic rings. The lowest BCUT2D eigenvalue weighted by Crippen LogP contribution is -2.37. The van der Waals surface area contributed by atoms with E-state index < -0.39 is 0 Å². The summed E-state index contributed by atoms with van der Waals surface area (Å²) in [5, 5.41) is 0. The van der Waals surface area contributed by atoms with E-state index in [1.54, 1.807) is 0 Å². The first-order chi connectivity index (χ1) is 14.8. The van der Waals surface area contributed by atoms with Crippen LogP contribution in [0, 0.1) is 17.8 Å². The van der Waals surface area contributed by atoms with E-state index in [4.69, 9.17) is 0 Å². The fraction of sp³-hybridized carbons (Fsp3) is 0.393. The van der Waals surface area contributed by atoms with Gasteiger partial charge in [0.15, 0.2) is 0 Å². The number of rotatable bonds is 3. The van der Waals surface area contributed by atoms with Gasteiger partial charge in [-0.3, -0.25) is 4.79 Å². The number of amides is 1. The van der Waals surface area contributed by atoms with Crippen LogP contribution in [0.15, 0.2) is 66.7 Å². The molecule has 2 atom stereocenters. The highest BCUT2D eigenvalue weighted by Gasteiger charge is 2.51. The van der Waals surface area contributed by atoms with E-state index in [0.29, 0.717) is 11.5 Å². The lowest BCUT2D eigenvalue weighted by Gasteiger charge is -2.39. The highest BCUT2D eigenvalue weighted by Crippen LogP contribution is 2.52. The monoisotopic (exact) mass is 412 g/mol. The number of nitrogens with zero attached hydrogens (tertiary/aromatic N) is 2. The van der Waals surface area contributed by atoms with Crippen LogP contribution < -0.4 is 0 Å². The highest BCUT2D eigenvalue weighted by molar-refractivity contribution is 5.98. The van der Waals surface area contributed by atoms with Crippen LogP contribution in [0.4, 0.5) is 0 Å². The topological polar surface area (TPSA) is 25.2 Å². The Hall–Kier alpha value is -2.81. The van der Waals surface area contributed by atoms with Gasteiger partial charge >= 0.3 is 0 Å². The van der Waals surface area contributed by atoms with Crippen molar-refractivity contribution in [3.63, 3.8) is 0 Å². The molecule has 3 nitrogen and oxygen atoms in total. The molecule has 0 spiro atoms. The number of fused-ring (bicyclic) bond motifs is 2. The third-order valence-electron chi connectivity index (χ3n) is 7.24. The number of hydrogen-bond acceptors (Lipinski definition) is 1. The predicted molar refractivity (Wildman–Crippen MR) is 127 cm³/mol. The molecular formula is C28H32N2O. The van der Waals surface area contributed by atoms with Crippen molar-refractivity contribution in [1.29, 1.82) is 0 Å². The summed E-state index contributed by atoms with van der Waals surface area (Å²) < 4.78 is 2.23. The molecule has 3 aromatic rings. The fourth-order valence-corrected chi connectivity index (χ4v) is 6.41. The average molecular weight is 413 g/mol. The number of benzene rings is 2. The van der Waals surface area contributed by atoms with E-state index in [0.717, 1.165) is 47.6 Å². The van der Waals surface area contributed by atoms with Crippen LogP contribution in [0.1, 0.15) is 56.1 Å². The van der Waals surface area contributed by atoms with Gasteiger partial charge in [0.25, 0.3) is 5.91 Å². The van der Waals surface area contributed by atoms with E-state index in [-0.39, 0.29) is 11.3 Å². The number of carbonyl (C=O) groups is 1. The molecule has 160 valence electrons. The minimum atomic E-state index is 0.191. The first kappa shape index (κ1) is 20.1. The molecule has 0 radical (unpaired) electrons. The molecule has 2 heterocycles. The maximum Gasteiger partial charge on any atom is 0.255 e. The number of hydrogen-bond donors (Lipinski definition) is 0. The van der Waals surface area contributed by atoms with Crippen LogP contribution >= 0.6 is 0 Å². The van der Waals surface area contributed by atoms with Crippen molar-refractivity contribution in [2.45, 2.75) is 53.0 Å². The van der Waals surface area contributed by atoms with Crippen molar-refractivity contribution in [3.8, 4) is 16.9 Å². The fourth-order valence-electron chi connectivity index (χ4n) is 6.41. The molecule has 2 bridgehead atoms. The highest BCUT2D eigenvalue weighted by atomic mass is 16.2. The Kier molecular flexibility index (Phi) is 4.62. The molecule has 0 N–H and O–H groups in total. The van der Waals surface area contributed by atoms with E-state index in [1.807, 2.05) is 12.1 Å². The molecule has 2 aromatic carbocycles. The molecule has 2 fully saturated rings. The Morgan fingerprint density at radius 1 is 0.935 bits per heavy atom. The quantitative estimate of drug-likeness (QED) is 0.482. The molecule has 1 amide bonds. The first-order valence-electron chi connectivity index (χ1n) is 11.4. The number of likely N-dealkylation sites (tertiary alicyclic amines) is 1. The Bertz CT molecular complexity index is 1110. The lowest BCUT2D eigenvalue weighted by atomic mass is 9.65. The van der Waals surface area contributed by atoms with Crippen molar-refractivity contribution >= 4 is 5.91 Å². The van der Waals surface area contributed by atoms with Gasteiger partial charge in [0, 0.05) is 24.0 Å². The van der Waals surface area contributed by atoms with Crippen molar-refractivity contribution in [1.82, 2.24) is 9.47 Å². The van der Waals surface area contributed by atoms with Crippen LogP contribution in [-0.4, -0.2) is 28.0 Å². The zero-order valence-electron chi connectivity index (χ0n) is 19.1. The first-order valence-corrected chi connectivity index (χ1v) is 11.4. The van der Waals surface area contributed by atoms with Crippen LogP contribution in [0.25, 0.3) is 16.9 Å². The molecular weight excluding hydrogens is 380 g/mol. The van der Waals surface area contributed by atoms with Gasteiger partial charge in [0.2, 0.25) is 0 Å². The average Bonchev–Trinajstić information content (AvgIpc) is 3.21. The molecule has 1 aliphatic carbocycles. The van der Waals surface area contributed by atoms with E-state index in [1.165, 1.54) is 6.42 Å². The van der Waals surface area contributed by atoms with Crippen molar-refractivity contribution < 1.29 is 4.79 Å². The molecule has 2 unspecified atom stereocenters. The van der Waals surface area contributed by atoms with Crippen LogP contribution in [0.2, 0.25) is 0 Å². The van der Waals surface area contributed by atoms with Crippen molar-refractivity contribution in [2.24, 2.45) is 10.8 Å². The molecule has 5 rings (SSSR count). The second kappa shape index (κ2) is 7.12. The van der Waals surface area contributed by atoms with E-state index >= 15 is 0 Å². The third-order valence-corrected chi connectivity index (χ3v) is 7.24. The molecule has 1 saturated carbocycles. The van der Waals surface area contributed by atoms with Gasteiger partial charge in [-0.25, -0.2) is 0 Å². The summed E-state index contributed by atoms with van der Waals surface area (Å²) in [6, 6.07) is 23.2. The smallest absolute Gasteiger partial charge is 0.255 e. The number of para-hydroxylation sites is 1. The second-order valence-corrected chi connectivity index (χ2v) is 10.7. The van der Waals surface area contributed by atoms with Gasteiger partial charge < -0.3 is 9.47 Å². The summed E-state index contributed by atoms with van der Waals surface area (Å²) in [5.41, 5.74) is 5.67. The van der Waals surface area contributed by atoms with Gasteiger partial charge in [-0.1, -0.05) is 69.3 Å². The maximum absolute atomic E-state index is 13.9. The zero-order chi connectivity index (χ0) is 21.8. The molecule has 31 heavy (non-hydrogen) atoms. The summed E-state index contributed by atoms with van der Waals surface area (Å²) in [4.78, 5) is 16.1. The summed E-state index contributed by atoms with van der Waals surface area (Å²) in [6.45, 7) is 10.0. The molecule has 3 heteroatoms. The van der Waals surface area contributed by atoms with Gasteiger partial charge in [-0.05, 0) is 60.8 Å². The molecule has 1 aromatic heterocycles. The van der Waals surface area contributed by atoms with Crippen LogP contribution in [-0.2, 0) is 0 Å². The Labute approximate surface area is 185 Å². The second-order valence-electron chi connectivity index (χ2n) is 10.7. The Morgan fingerprint density at radius 3 is 2.26 bits per heavy atom. The minimum absolute atomic E-state index is 0.191. The number of aromatic nitrogens is 1. The summed E-state index contributed by atoms with van der Waals surface area (Å²) in [7, 11) is 0. The van der Waals surface area contributed by atoms with Crippen LogP contribution in [0.3, 0.4) is 0 Å². The van der Waals surface area contributed by atoms with Crippen molar-refractivity contribution in [2.75, 3.05) is 6.54 Å². The van der Waals surface area contributed by atoms with E-state index in [2.05, 4.69) is 91.8 Å². The minimum Gasteiger partial charge on any atom is -0.335 e. The summed E-state index contributed by atoms with van der Waals surface area (Å²) >= 11 is 0. The van der Waals surface area contributed by atoms with Gasteiger partial charge in [0.05, 0.1) is 11.3 Å². The molecule has 1 saturated heterocycles. The van der Waals surface area contributed by atoms with Crippen molar-refractivity contribution in [3.05, 3.63) is 78.0 Å². The van der Waals surface area contributed by atoms with Gasteiger partial charge in [-0.15, -0.1) is 0 Å². The lowest BCUT2D eigenvalue weighted by molar-refractivity contribution is 0.0707. The SMILES string of the molecule is Cc1c(C(=O)N2CC3(C)CC2CC(C)(C)C3)cc(-c2ccccc2)n1-c1ccccc1. The Morgan fingerprint density at radius 2 is 1.58 bits per heavy atom. The predicted octanol–water partition coefficient (Wildman–Crippen LogP) is 6.49. The normalized spacial score (nSPS) is 24.4. The van der Waals surface area contributed by atoms with E-state index in [9.17, 15) is 4.79 Å². The Balaban J connectivity index is 1.59.